The molecule has 0 aliphatic carbocycles. The van der Waals surface area contributed by atoms with E-state index < -0.39 is 0 Å². The van der Waals surface area contributed by atoms with Gasteiger partial charge in [-0.1, -0.05) is 18.2 Å². The van der Waals surface area contributed by atoms with Crippen LogP contribution in [0.4, 0.5) is 0 Å². The average Bonchev–Trinajstić information content (AvgIpc) is 3.27. The van der Waals surface area contributed by atoms with Crippen LogP contribution >= 0.6 is 0 Å². The second-order valence-corrected chi connectivity index (χ2v) is 7.67. The molecule has 1 N–H and O–H groups in total. The third kappa shape index (κ3) is 4.70. The topological polar surface area (TPSA) is 69.0 Å². The first-order valence-corrected chi connectivity index (χ1v) is 10.6. The number of nitrogens with one attached hydrogen (secondary N) is 1. The number of methoxy groups -OCH3 is 1. The van der Waals surface area contributed by atoms with Gasteiger partial charge >= 0.3 is 0 Å². The van der Waals surface area contributed by atoms with E-state index in [4.69, 9.17) is 9.84 Å². The second kappa shape index (κ2) is 9.47. The van der Waals surface area contributed by atoms with Crippen molar-refractivity contribution >= 4 is 5.91 Å². The Morgan fingerprint density at radius 3 is 2.56 bits per heavy atom. The summed E-state index contributed by atoms with van der Waals surface area (Å²) in [6.07, 6.45) is 2.42. The van der Waals surface area contributed by atoms with Gasteiger partial charge in [0.05, 0.1) is 18.5 Å². The van der Waals surface area contributed by atoms with Crippen LogP contribution < -0.4 is 10.1 Å². The number of amides is 1. The maximum atomic E-state index is 13.2. The Labute approximate surface area is 187 Å². The van der Waals surface area contributed by atoms with Crippen molar-refractivity contribution in [3.8, 4) is 22.7 Å². The smallest absolute Gasteiger partial charge is 0.270 e. The van der Waals surface area contributed by atoms with Gasteiger partial charge in [-0.05, 0) is 73.5 Å². The summed E-state index contributed by atoms with van der Waals surface area (Å²) < 4.78 is 6.99. The molecular weight excluding hydrogens is 400 g/mol. The number of hydrogen-bond acceptors (Lipinski definition) is 4. The van der Waals surface area contributed by atoms with E-state index >= 15 is 0 Å². The summed E-state index contributed by atoms with van der Waals surface area (Å²) in [6.45, 7) is 4.54. The van der Waals surface area contributed by atoms with E-state index in [-0.39, 0.29) is 5.91 Å². The summed E-state index contributed by atoms with van der Waals surface area (Å²) in [7, 11) is 1.64. The van der Waals surface area contributed by atoms with Gasteiger partial charge in [-0.3, -0.25) is 9.78 Å². The lowest BCUT2D eigenvalue weighted by Gasteiger charge is -2.11. The molecule has 32 heavy (non-hydrogen) atoms. The van der Waals surface area contributed by atoms with Crippen molar-refractivity contribution in [3.05, 3.63) is 95.4 Å². The Hall–Kier alpha value is -3.93. The minimum Gasteiger partial charge on any atom is -0.497 e. The average molecular weight is 427 g/mol. The van der Waals surface area contributed by atoms with Crippen LogP contribution in [0.25, 0.3) is 16.9 Å². The van der Waals surface area contributed by atoms with Crippen LogP contribution in [0.5, 0.6) is 5.75 Å². The van der Waals surface area contributed by atoms with Crippen molar-refractivity contribution in [1.29, 1.82) is 0 Å². The molecule has 0 atom stereocenters. The lowest BCUT2D eigenvalue weighted by Crippen LogP contribution is -2.28. The van der Waals surface area contributed by atoms with Gasteiger partial charge < -0.3 is 10.1 Å². The molecule has 0 aliphatic heterocycles. The van der Waals surface area contributed by atoms with Crippen molar-refractivity contribution in [2.45, 2.75) is 20.3 Å². The van der Waals surface area contributed by atoms with E-state index in [1.165, 1.54) is 0 Å². The third-order valence-electron chi connectivity index (χ3n) is 5.31. The highest BCUT2D eigenvalue weighted by Crippen LogP contribution is 2.25. The van der Waals surface area contributed by atoms with E-state index in [1.54, 1.807) is 18.0 Å². The minimum absolute atomic E-state index is 0.172. The number of aromatic nitrogens is 3. The Bertz CT molecular complexity index is 1210. The predicted molar refractivity (Wildman–Crippen MR) is 125 cm³/mol. The van der Waals surface area contributed by atoms with Crippen molar-refractivity contribution < 1.29 is 9.53 Å². The Kier molecular flexibility index (Phi) is 6.31. The minimum atomic E-state index is -0.172. The van der Waals surface area contributed by atoms with Gasteiger partial charge in [-0.15, -0.1) is 0 Å². The molecule has 0 bridgehead atoms. The fourth-order valence-corrected chi connectivity index (χ4v) is 3.52. The maximum absolute atomic E-state index is 13.2. The molecule has 4 aromatic rings. The second-order valence-electron chi connectivity index (χ2n) is 7.67. The highest BCUT2D eigenvalue weighted by Gasteiger charge is 2.19. The molecule has 0 saturated heterocycles. The molecule has 0 unspecified atom stereocenters. The van der Waals surface area contributed by atoms with Crippen molar-refractivity contribution in [2.75, 3.05) is 13.7 Å². The molecule has 1 amide bonds. The summed E-state index contributed by atoms with van der Waals surface area (Å²) in [6, 6.07) is 21.4. The van der Waals surface area contributed by atoms with Gasteiger partial charge in [0.25, 0.3) is 5.91 Å². The fourth-order valence-electron chi connectivity index (χ4n) is 3.52. The Morgan fingerprint density at radius 1 is 1.03 bits per heavy atom. The van der Waals surface area contributed by atoms with Gasteiger partial charge in [-0.25, -0.2) is 4.68 Å². The van der Waals surface area contributed by atoms with Gasteiger partial charge in [0.15, 0.2) is 0 Å². The maximum Gasteiger partial charge on any atom is 0.270 e. The number of carbonyl (C=O) groups excluding carboxylic acids is 1. The number of aryl methyl sites for hydroxylation is 2. The molecule has 2 aromatic carbocycles. The zero-order chi connectivity index (χ0) is 22.5. The summed E-state index contributed by atoms with van der Waals surface area (Å²) in [5.41, 5.74) is 6.11. The first kappa shape index (κ1) is 21.3. The van der Waals surface area contributed by atoms with E-state index in [0.717, 1.165) is 39.5 Å². The standard InChI is InChI=1S/C26H26N4O2/c1-18-7-8-19(2)24(16-18)30-25(26(31)28-15-13-21-6-4-5-14-27-21)17-23(29-30)20-9-11-22(32-3)12-10-20/h4-12,14,16-17H,13,15H2,1-3H3,(H,28,31). The van der Waals surface area contributed by atoms with Crippen LogP contribution in [-0.2, 0) is 6.42 Å². The number of nitrogens with zero attached hydrogens (tertiary/aromatic N) is 3. The quantitative estimate of drug-likeness (QED) is 0.471. The summed E-state index contributed by atoms with van der Waals surface area (Å²) in [5.74, 6) is 0.601. The van der Waals surface area contributed by atoms with Gasteiger partial charge in [-0.2, -0.15) is 5.10 Å². The summed E-state index contributed by atoms with van der Waals surface area (Å²) in [4.78, 5) is 17.5. The Balaban J connectivity index is 1.66. The molecule has 2 aromatic heterocycles. The van der Waals surface area contributed by atoms with E-state index in [2.05, 4.69) is 16.4 Å². The van der Waals surface area contributed by atoms with Gasteiger partial charge in [0.2, 0.25) is 0 Å². The molecule has 0 spiro atoms. The lowest BCUT2D eigenvalue weighted by molar-refractivity contribution is 0.0946. The molecule has 6 heteroatoms. The first-order valence-electron chi connectivity index (χ1n) is 10.6. The van der Waals surface area contributed by atoms with E-state index in [0.29, 0.717) is 18.7 Å². The number of carbonyl (C=O) groups is 1. The SMILES string of the molecule is COc1ccc(-c2cc(C(=O)NCCc3ccccn3)n(-c3cc(C)ccc3C)n2)cc1. The fraction of sp³-hybridized carbons (Fsp3) is 0.192. The Morgan fingerprint density at radius 2 is 1.84 bits per heavy atom. The largest absolute Gasteiger partial charge is 0.497 e. The molecule has 162 valence electrons. The highest BCUT2D eigenvalue weighted by molar-refractivity contribution is 5.94. The zero-order valence-electron chi connectivity index (χ0n) is 18.5. The third-order valence-corrected chi connectivity index (χ3v) is 5.31. The van der Waals surface area contributed by atoms with Crippen molar-refractivity contribution in [1.82, 2.24) is 20.1 Å². The number of hydrogen-bond donors (Lipinski definition) is 1. The molecule has 0 radical (unpaired) electrons. The van der Waals surface area contributed by atoms with E-state index in [9.17, 15) is 4.79 Å². The van der Waals surface area contributed by atoms with Gasteiger partial charge in [0, 0.05) is 30.4 Å². The number of pyridine rings is 1. The van der Waals surface area contributed by atoms with E-state index in [1.807, 2.05) is 74.5 Å². The van der Waals surface area contributed by atoms with Crippen molar-refractivity contribution in [3.63, 3.8) is 0 Å². The predicted octanol–water partition coefficient (Wildman–Crippen LogP) is 4.53. The molecule has 2 heterocycles. The van der Waals surface area contributed by atoms with Crippen LogP contribution in [0, 0.1) is 13.8 Å². The van der Waals surface area contributed by atoms with Crippen LogP contribution in [0.2, 0.25) is 0 Å². The van der Waals surface area contributed by atoms with Crippen LogP contribution in [-0.4, -0.2) is 34.3 Å². The molecular formula is C26H26N4O2. The number of ether oxygens (including phenoxy) is 1. The first-order chi connectivity index (χ1) is 15.5. The number of benzene rings is 2. The highest BCUT2D eigenvalue weighted by atomic mass is 16.5. The van der Waals surface area contributed by atoms with Gasteiger partial charge in [0.1, 0.15) is 11.4 Å². The lowest BCUT2D eigenvalue weighted by atomic mass is 10.1. The summed E-state index contributed by atoms with van der Waals surface area (Å²) >= 11 is 0. The zero-order valence-corrected chi connectivity index (χ0v) is 18.5. The van der Waals surface area contributed by atoms with Crippen molar-refractivity contribution in [2.24, 2.45) is 0 Å². The molecule has 4 rings (SSSR count). The number of rotatable bonds is 7. The van der Waals surface area contributed by atoms with Crippen LogP contribution in [0.1, 0.15) is 27.3 Å². The van der Waals surface area contributed by atoms with Crippen LogP contribution in [0.3, 0.4) is 0 Å². The molecule has 0 fully saturated rings. The molecule has 0 aliphatic rings. The normalized spacial score (nSPS) is 10.7. The molecule has 0 saturated carbocycles. The monoisotopic (exact) mass is 426 g/mol. The summed E-state index contributed by atoms with van der Waals surface area (Å²) in [5, 5.41) is 7.81. The van der Waals surface area contributed by atoms with Crippen LogP contribution in [0.15, 0.2) is 72.9 Å². The molecule has 6 nitrogen and oxygen atoms in total.